The van der Waals surface area contributed by atoms with Gasteiger partial charge in [0.05, 0.1) is 16.6 Å². The first-order valence-corrected chi connectivity index (χ1v) is 14.3. The molecule has 2 N–H and O–H groups in total. The number of carbonyl (C=O) groups excluding carboxylic acids is 1. The van der Waals surface area contributed by atoms with Crippen LogP contribution < -0.4 is 5.32 Å². The number of ether oxygens (including phenoxy) is 1. The number of amides is 1. The van der Waals surface area contributed by atoms with Crippen LogP contribution in [0.1, 0.15) is 71.3 Å². The Morgan fingerprint density at radius 1 is 1.13 bits per heavy atom. The highest BCUT2D eigenvalue weighted by Gasteiger charge is 2.30. The van der Waals surface area contributed by atoms with Crippen LogP contribution in [-0.4, -0.2) is 49.8 Å². The van der Waals surface area contributed by atoms with E-state index in [0.717, 1.165) is 31.2 Å². The number of aromatic nitrogens is 4. The van der Waals surface area contributed by atoms with Gasteiger partial charge in [0.15, 0.2) is 5.65 Å². The SMILES string of the molecule is C[C@@H](O)c1nc2cnc3c(ccn3S(=O)(=O)c3ccccc3)c2n1C1CCC(NC(=O)OC(C)(C)C)CC1. The number of imidazole rings is 1. The zero-order valence-electron chi connectivity index (χ0n) is 22.0. The van der Waals surface area contributed by atoms with E-state index in [1.54, 1.807) is 49.5 Å². The van der Waals surface area contributed by atoms with E-state index in [4.69, 9.17) is 4.74 Å². The predicted octanol–water partition coefficient (Wildman–Crippen LogP) is 4.68. The van der Waals surface area contributed by atoms with Crippen molar-refractivity contribution in [2.45, 2.75) is 82.1 Å². The van der Waals surface area contributed by atoms with Crippen LogP contribution in [-0.2, 0) is 14.8 Å². The molecule has 0 bridgehead atoms. The van der Waals surface area contributed by atoms with Crippen molar-refractivity contribution in [1.82, 2.24) is 23.8 Å². The van der Waals surface area contributed by atoms with Crippen molar-refractivity contribution in [3.05, 3.63) is 54.6 Å². The Labute approximate surface area is 221 Å². The van der Waals surface area contributed by atoms with Crippen LogP contribution in [0.3, 0.4) is 0 Å². The Bertz CT molecular complexity index is 1580. The first-order chi connectivity index (χ1) is 18.0. The smallest absolute Gasteiger partial charge is 0.407 e. The van der Waals surface area contributed by atoms with E-state index >= 15 is 0 Å². The Balaban J connectivity index is 1.50. The summed E-state index contributed by atoms with van der Waals surface area (Å²) in [6, 6.07) is 9.99. The molecule has 3 heterocycles. The van der Waals surface area contributed by atoms with Crippen molar-refractivity contribution >= 4 is 38.2 Å². The Kier molecular flexibility index (Phi) is 6.68. The first-order valence-electron chi connectivity index (χ1n) is 12.8. The summed E-state index contributed by atoms with van der Waals surface area (Å²) in [5.41, 5.74) is 1.08. The molecule has 1 atom stereocenters. The zero-order valence-corrected chi connectivity index (χ0v) is 22.8. The molecule has 1 aliphatic rings. The lowest BCUT2D eigenvalue weighted by Gasteiger charge is -2.32. The number of carbonyl (C=O) groups is 1. The van der Waals surface area contributed by atoms with E-state index in [1.807, 2.05) is 25.3 Å². The maximum absolute atomic E-state index is 13.4. The molecule has 10 nitrogen and oxygen atoms in total. The van der Waals surface area contributed by atoms with Gasteiger partial charge in [0.2, 0.25) is 0 Å². The number of fused-ring (bicyclic) bond motifs is 3. The van der Waals surface area contributed by atoms with E-state index in [1.165, 1.54) is 10.2 Å². The third-order valence-electron chi connectivity index (χ3n) is 6.81. The third kappa shape index (κ3) is 4.88. The molecule has 1 aromatic carbocycles. The summed E-state index contributed by atoms with van der Waals surface area (Å²) in [4.78, 5) is 21.6. The van der Waals surface area contributed by atoms with Gasteiger partial charge in [-0.2, -0.15) is 0 Å². The number of rotatable bonds is 5. The van der Waals surface area contributed by atoms with Crippen LogP contribution >= 0.6 is 0 Å². The molecule has 202 valence electrons. The number of pyridine rings is 1. The van der Waals surface area contributed by atoms with Gasteiger partial charge < -0.3 is 19.7 Å². The summed E-state index contributed by atoms with van der Waals surface area (Å²) in [6.45, 7) is 7.17. The Hall–Kier alpha value is -3.44. The number of aliphatic hydroxyl groups is 1. The average molecular weight is 540 g/mol. The van der Waals surface area contributed by atoms with Crippen LogP contribution in [0.2, 0.25) is 0 Å². The molecule has 1 saturated carbocycles. The van der Waals surface area contributed by atoms with Crippen molar-refractivity contribution < 1.29 is 23.1 Å². The standard InChI is InChI=1S/C27H33N5O5S/c1-17(33)24-30-22-16-28-25-21(14-15-31(25)38(35,36)20-8-6-5-7-9-20)23(22)32(24)19-12-10-18(11-13-19)29-26(34)37-27(2,3)4/h5-9,14-19,33H,10-13H2,1-4H3,(H,29,34)/t17-,18?,19?/m1/s1. The second-order valence-electron chi connectivity index (χ2n) is 10.8. The van der Waals surface area contributed by atoms with E-state index in [2.05, 4.69) is 15.3 Å². The second kappa shape index (κ2) is 9.70. The van der Waals surface area contributed by atoms with Crippen LogP contribution in [0, 0.1) is 0 Å². The molecule has 0 aliphatic heterocycles. The molecule has 4 aromatic rings. The maximum Gasteiger partial charge on any atom is 0.407 e. The molecule has 5 rings (SSSR count). The second-order valence-corrected chi connectivity index (χ2v) is 12.6. The molecule has 3 aromatic heterocycles. The monoisotopic (exact) mass is 539 g/mol. The van der Waals surface area contributed by atoms with E-state index in [-0.39, 0.29) is 17.0 Å². The predicted molar refractivity (Wildman–Crippen MR) is 143 cm³/mol. The molecule has 11 heteroatoms. The molecule has 38 heavy (non-hydrogen) atoms. The van der Waals surface area contributed by atoms with Crippen molar-refractivity contribution in [3.63, 3.8) is 0 Å². The fourth-order valence-electron chi connectivity index (χ4n) is 5.18. The number of aliphatic hydroxyl groups excluding tert-OH is 1. The first kappa shape index (κ1) is 26.2. The summed E-state index contributed by atoms with van der Waals surface area (Å²) in [7, 11) is -3.85. The molecule has 0 spiro atoms. The highest BCUT2D eigenvalue weighted by atomic mass is 32.2. The van der Waals surface area contributed by atoms with Gasteiger partial charge in [-0.25, -0.2) is 27.2 Å². The lowest BCUT2D eigenvalue weighted by atomic mass is 9.90. The normalized spacial score (nSPS) is 19.5. The third-order valence-corrected chi connectivity index (χ3v) is 8.49. The number of benzene rings is 1. The van der Waals surface area contributed by atoms with E-state index < -0.39 is 27.8 Å². The summed E-state index contributed by atoms with van der Waals surface area (Å²) < 4.78 is 35.4. The molecule has 1 fully saturated rings. The van der Waals surface area contributed by atoms with Crippen LogP contribution in [0.5, 0.6) is 0 Å². The Morgan fingerprint density at radius 3 is 2.45 bits per heavy atom. The Morgan fingerprint density at radius 2 is 1.82 bits per heavy atom. The number of nitrogens with zero attached hydrogens (tertiary/aromatic N) is 4. The lowest BCUT2D eigenvalue weighted by Crippen LogP contribution is -2.41. The fourth-order valence-corrected chi connectivity index (χ4v) is 6.50. The molecule has 0 saturated heterocycles. The van der Waals surface area contributed by atoms with Crippen LogP contribution in [0.15, 0.2) is 53.7 Å². The van der Waals surface area contributed by atoms with Crippen molar-refractivity contribution in [1.29, 1.82) is 0 Å². The summed E-state index contributed by atoms with van der Waals surface area (Å²) >= 11 is 0. The zero-order chi connectivity index (χ0) is 27.2. The minimum Gasteiger partial charge on any atom is -0.444 e. The molecular formula is C27H33N5O5S. The van der Waals surface area contributed by atoms with Crippen molar-refractivity contribution in [2.75, 3.05) is 0 Å². The lowest BCUT2D eigenvalue weighted by molar-refractivity contribution is 0.0487. The van der Waals surface area contributed by atoms with Gasteiger partial charge in [0, 0.05) is 23.7 Å². The number of hydrogen-bond acceptors (Lipinski definition) is 7. The molecule has 0 unspecified atom stereocenters. The maximum atomic E-state index is 13.4. The average Bonchev–Trinajstić information content (AvgIpc) is 3.46. The largest absolute Gasteiger partial charge is 0.444 e. The molecule has 1 amide bonds. The van der Waals surface area contributed by atoms with Gasteiger partial charge in [-0.05, 0) is 71.6 Å². The van der Waals surface area contributed by atoms with Crippen molar-refractivity contribution in [2.24, 2.45) is 0 Å². The van der Waals surface area contributed by atoms with Gasteiger partial charge in [0.1, 0.15) is 23.0 Å². The van der Waals surface area contributed by atoms with Gasteiger partial charge in [0.25, 0.3) is 10.0 Å². The minimum atomic E-state index is -3.85. The van der Waals surface area contributed by atoms with Gasteiger partial charge >= 0.3 is 6.09 Å². The summed E-state index contributed by atoms with van der Waals surface area (Å²) in [5.74, 6) is 0.511. The van der Waals surface area contributed by atoms with Crippen LogP contribution in [0.4, 0.5) is 4.79 Å². The quantitative estimate of drug-likeness (QED) is 0.377. The van der Waals surface area contributed by atoms with Gasteiger partial charge in [-0.3, -0.25) is 0 Å². The number of alkyl carbamates (subject to hydrolysis) is 1. The number of nitrogens with one attached hydrogen (secondary N) is 1. The van der Waals surface area contributed by atoms with E-state index in [9.17, 15) is 18.3 Å². The summed E-state index contributed by atoms with van der Waals surface area (Å²) in [5, 5.41) is 14.2. The minimum absolute atomic E-state index is 0.00956. The fraction of sp³-hybridized carbons (Fsp3) is 0.444. The number of hydrogen-bond donors (Lipinski definition) is 2. The van der Waals surface area contributed by atoms with Crippen molar-refractivity contribution in [3.8, 4) is 0 Å². The van der Waals surface area contributed by atoms with Gasteiger partial charge in [-0.15, -0.1) is 0 Å². The molecule has 1 aliphatic carbocycles. The van der Waals surface area contributed by atoms with Gasteiger partial charge in [-0.1, -0.05) is 18.2 Å². The molecule has 0 radical (unpaired) electrons. The van der Waals surface area contributed by atoms with E-state index in [0.29, 0.717) is 22.4 Å². The highest BCUT2D eigenvalue weighted by molar-refractivity contribution is 7.90. The highest BCUT2D eigenvalue weighted by Crippen LogP contribution is 2.37. The summed E-state index contributed by atoms with van der Waals surface area (Å²) in [6.07, 6.45) is 4.79. The molecular weight excluding hydrogens is 506 g/mol. The topological polar surface area (TPSA) is 128 Å². The van der Waals surface area contributed by atoms with Crippen LogP contribution in [0.25, 0.3) is 22.1 Å².